The predicted molar refractivity (Wildman–Crippen MR) is 91.9 cm³/mol. The van der Waals surface area contributed by atoms with E-state index in [0.29, 0.717) is 23.5 Å². The number of thioether (sulfide) groups is 1. The lowest BCUT2D eigenvalue weighted by molar-refractivity contribution is 0.508. The molecule has 2 heterocycles. The number of aromatic amines is 1. The molecule has 0 saturated carbocycles. The fourth-order valence-electron chi connectivity index (χ4n) is 2.32. The highest BCUT2D eigenvalue weighted by molar-refractivity contribution is 7.99. The van der Waals surface area contributed by atoms with Crippen molar-refractivity contribution in [2.24, 2.45) is 0 Å². The van der Waals surface area contributed by atoms with Crippen LogP contribution < -0.4 is 5.69 Å². The molecule has 8 heteroatoms. The van der Waals surface area contributed by atoms with Gasteiger partial charge in [0.15, 0.2) is 5.16 Å². The summed E-state index contributed by atoms with van der Waals surface area (Å²) < 4.78 is 7.42. The summed E-state index contributed by atoms with van der Waals surface area (Å²) in [5.41, 5.74) is 1.83. The van der Waals surface area contributed by atoms with Gasteiger partial charge in [-0.25, -0.2) is 9.89 Å². The molecule has 1 atom stereocenters. The van der Waals surface area contributed by atoms with Crippen LogP contribution in [0.1, 0.15) is 37.0 Å². The fourth-order valence-corrected chi connectivity index (χ4v) is 3.23. The van der Waals surface area contributed by atoms with Crippen LogP contribution in [0.2, 0.25) is 0 Å². The van der Waals surface area contributed by atoms with Gasteiger partial charge < -0.3 is 4.42 Å². The van der Waals surface area contributed by atoms with Crippen LogP contribution in [0.5, 0.6) is 0 Å². The first-order valence-electron chi connectivity index (χ1n) is 7.80. The Balaban J connectivity index is 1.79. The topological polar surface area (TPSA) is 89.6 Å². The zero-order valence-corrected chi connectivity index (χ0v) is 14.6. The summed E-state index contributed by atoms with van der Waals surface area (Å²) in [6.45, 7) is 6.61. The number of aromatic nitrogens is 5. The SMILES string of the molecule is CCCn1c(SC(C)c2nnc(-c3cccc(C)c3)o2)n[nH]c1=O. The van der Waals surface area contributed by atoms with E-state index in [1.54, 1.807) is 4.57 Å². The molecule has 0 aliphatic carbocycles. The molecule has 0 spiro atoms. The van der Waals surface area contributed by atoms with Gasteiger partial charge >= 0.3 is 5.69 Å². The predicted octanol–water partition coefficient (Wildman–Crippen LogP) is 3.19. The Hall–Kier alpha value is -2.35. The highest BCUT2D eigenvalue weighted by Gasteiger charge is 2.19. The van der Waals surface area contributed by atoms with E-state index in [1.807, 2.05) is 45.0 Å². The normalized spacial score (nSPS) is 12.5. The van der Waals surface area contributed by atoms with Gasteiger partial charge in [-0.3, -0.25) is 4.57 Å². The number of H-pyrrole nitrogens is 1. The molecule has 2 aromatic heterocycles. The zero-order valence-electron chi connectivity index (χ0n) is 13.8. The van der Waals surface area contributed by atoms with Crippen LogP contribution in [0.25, 0.3) is 11.5 Å². The molecular weight excluding hydrogens is 326 g/mol. The summed E-state index contributed by atoms with van der Waals surface area (Å²) in [7, 11) is 0. The van der Waals surface area contributed by atoms with Gasteiger partial charge in [0.25, 0.3) is 0 Å². The number of benzene rings is 1. The van der Waals surface area contributed by atoms with Crippen molar-refractivity contribution in [1.29, 1.82) is 0 Å². The summed E-state index contributed by atoms with van der Waals surface area (Å²) in [6, 6.07) is 7.92. The van der Waals surface area contributed by atoms with Gasteiger partial charge in [-0.1, -0.05) is 36.4 Å². The average molecular weight is 345 g/mol. The van der Waals surface area contributed by atoms with Crippen LogP contribution in [0.3, 0.4) is 0 Å². The van der Waals surface area contributed by atoms with Crippen molar-refractivity contribution in [3.05, 3.63) is 46.2 Å². The third kappa shape index (κ3) is 3.43. The lowest BCUT2D eigenvalue weighted by Gasteiger charge is -2.07. The zero-order chi connectivity index (χ0) is 17.1. The molecule has 1 unspecified atom stereocenters. The minimum atomic E-state index is -0.197. The van der Waals surface area contributed by atoms with E-state index in [4.69, 9.17) is 4.42 Å². The Labute approximate surface area is 143 Å². The molecule has 0 amide bonds. The highest BCUT2D eigenvalue weighted by atomic mass is 32.2. The van der Waals surface area contributed by atoms with Crippen molar-refractivity contribution in [3.8, 4) is 11.5 Å². The quantitative estimate of drug-likeness (QED) is 0.690. The maximum absolute atomic E-state index is 11.7. The summed E-state index contributed by atoms with van der Waals surface area (Å²) in [5.74, 6) is 1.00. The number of nitrogens with zero attached hydrogens (tertiary/aromatic N) is 4. The summed E-state index contributed by atoms with van der Waals surface area (Å²) in [5, 5.41) is 15.3. The molecular formula is C16H19N5O2S. The molecule has 1 aromatic carbocycles. The first kappa shape index (κ1) is 16.5. The van der Waals surface area contributed by atoms with Crippen molar-refractivity contribution in [2.75, 3.05) is 0 Å². The molecule has 7 nitrogen and oxygen atoms in total. The summed E-state index contributed by atoms with van der Waals surface area (Å²) >= 11 is 1.42. The van der Waals surface area contributed by atoms with Crippen LogP contribution in [-0.2, 0) is 6.54 Å². The Kier molecular flexibility index (Phi) is 4.84. The smallest absolute Gasteiger partial charge is 0.343 e. The summed E-state index contributed by atoms with van der Waals surface area (Å²) in [4.78, 5) is 11.7. The standard InChI is InChI=1S/C16H19N5O2S/c1-4-8-21-15(22)19-20-16(21)24-11(3)13-17-18-14(23-13)12-7-5-6-10(2)9-12/h5-7,9,11H,4,8H2,1-3H3,(H,19,22). The average Bonchev–Trinajstić information content (AvgIpc) is 3.17. The van der Waals surface area contributed by atoms with Gasteiger partial charge in [0.05, 0.1) is 5.25 Å². The molecule has 0 aliphatic heterocycles. The molecule has 126 valence electrons. The van der Waals surface area contributed by atoms with Crippen LogP contribution in [-0.4, -0.2) is 25.0 Å². The number of aryl methyl sites for hydroxylation is 1. The van der Waals surface area contributed by atoms with Gasteiger partial charge in [0.1, 0.15) is 0 Å². The van der Waals surface area contributed by atoms with E-state index in [1.165, 1.54) is 11.8 Å². The van der Waals surface area contributed by atoms with Crippen LogP contribution in [0.4, 0.5) is 0 Å². The van der Waals surface area contributed by atoms with E-state index in [9.17, 15) is 4.79 Å². The molecule has 24 heavy (non-hydrogen) atoms. The Morgan fingerprint density at radius 1 is 1.38 bits per heavy atom. The van der Waals surface area contributed by atoms with Gasteiger partial charge in [0, 0.05) is 12.1 Å². The maximum Gasteiger partial charge on any atom is 0.343 e. The third-order valence-electron chi connectivity index (χ3n) is 3.51. The van der Waals surface area contributed by atoms with Crippen LogP contribution in [0.15, 0.2) is 38.6 Å². The van der Waals surface area contributed by atoms with E-state index in [2.05, 4.69) is 20.4 Å². The first-order valence-corrected chi connectivity index (χ1v) is 8.68. The van der Waals surface area contributed by atoms with E-state index in [0.717, 1.165) is 17.5 Å². The van der Waals surface area contributed by atoms with E-state index in [-0.39, 0.29) is 10.9 Å². The van der Waals surface area contributed by atoms with Gasteiger partial charge in [-0.15, -0.1) is 15.3 Å². The number of nitrogens with one attached hydrogen (secondary N) is 1. The van der Waals surface area contributed by atoms with Crippen molar-refractivity contribution < 1.29 is 4.42 Å². The third-order valence-corrected chi connectivity index (χ3v) is 4.58. The number of rotatable bonds is 6. The molecule has 0 bridgehead atoms. The molecule has 1 N–H and O–H groups in total. The lowest BCUT2D eigenvalue weighted by Crippen LogP contribution is -2.17. The van der Waals surface area contributed by atoms with Gasteiger partial charge in [-0.05, 0) is 32.4 Å². The molecule has 0 radical (unpaired) electrons. The number of hydrogen-bond donors (Lipinski definition) is 1. The maximum atomic E-state index is 11.7. The van der Waals surface area contributed by atoms with Crippen molar-refractivity contribution >= 4 is 11.8 Å². The molecule has 0 fully saturated rings. The fraction of sp³-hybridized carbons (Fsp3) is 0.375. The second-order valence-corrected chi connectivity index (χ2v) is 6.85. The summed E-state index contributed by atoms with van der Waals surface area (Å²) in [6.07, 6.45) is 0.861. The van der Waals surface area contributed by atoms with Crippen LogP contribution in [0, 0.1) is 6.92 Å². The minimum absolute atomic E-state index is 0.109. The number of hydrogen-bond acceptors (Lipinski definition) is 6. The largest absolute Gasteiger partial charge is 0.419 e. The van der Waals surface area contributed by atoms with Crippen molar-refractivity contribution in [1.82, 2.24) is 25.0 Å². The van der Waals surface area contributed by atoms with Gasteiger partial charge in [-0.2, -0.15) is 0 Å². The van der Waals surface area contributed by atoms with Crippen molar-refractivity contribution in [3.63, 3.8) is 0 Å². The Bertz CT molecular complexity index is 882. The van der Waals surface area contributed by atoms with E-state index < -0.39 is 0 Å². The lowest BCUT2D eigenvalue weighted by atomic mass is 10.1. The van der Waals surface area contributed by atoms with E-state index >= 15 is 0 Å². The Morgan fingerprint density at radius 2 is 2.21 bits per heavy atom. The minimum Gasteiger partial charge on any atom is -0.419 e. The van der Waals surface area contributed by atoms with Crippen LogP contribution >= 0.6 is 11.8 Å². The molecule has 0 aliphatic rings. The molecule has 3 aromatic rings. The molecule has 0 saturated heterocycles. The second-order valence-electron chi connectivity index (χ2n) is 5.54. The Morgan fingerprint density at radius 3 is 2.96 bits per heavy atom. The first-order chi connectivity index (χ1) is 11.6. The van der Waals surface area contributed by atoms with Gasteiger partial charge in [0.2, 0.25) is 11.8 Å². The second kappa shape index (κ2) is 7.04. The van der Waals surface area contributed by atoms with Crippen molar-refractivity contribution in [2.45, 2.75) is 44.1 Å². The molecule has 3 rings (SSSR count). The highest BCUT2D eigenvalue weighted by Crippen LogP contribution is 2.33. The monoisotopic (exact) mass is 345 g/mol.